The molecule has 0 spiro atoms. The standard InChI is InChI=1S/C18H22FNO/c1-18-9-8-14-13-5-3-12(19)10-11(13)2-4-15(14)16(18)6-7-17(18)20-21/h3,5,10,14-17H,2,4,6-9H2,1H3. The Labute approximate surface area is 125 Å². The zero-order valence-electron chi connectivity index (χ0n) is 12.5. The maximum absolute atomic E-state index is 13.4. The predicted octanol–water partition coefficient (Wildman–Crippen LogP) is 4.82. The Morgan fingerprint density at radius 2 is 2.10 bits per heavy atom. The fraction of sp³-hybridized carbons (Fsp3) is 0.667. The number of halogens is 1. The summed E-state index contributed by atoms with van der Waals surface area (Å²) in [6.45, 7) is 2.28. The van der Waals surface area contributed by atoms with Gasteiger partial charge in [-0.3, -0.25) is 0 Å². The monoisotopic (exact) mass is 287 g/mol. The summed E-state index contributed by atoms with van der Waals surface area (Å²) in [6, 6.07) is 5.36. The van der Waals surface area contributed by atoms with E-state index in [1.54, 1.807) is 12.1 Å². The van der Waals surface area contributed by atoms with Gasteiger partial charge in [0.05, 0.1) is 6.04 Å². The number of rotatable bonds is 1. The molecule has 3 aliphatic carbocycles. The number of fused-ring (bicyclic) bond motifs is 5. The molecule has 5 atom stereocenters. The second-order valence-electron chi connectivity index (χ2n) is 7.50. The smallest absolute Gasteiger partial charge is 0.123 e. The molecule has 3 aliphatic rings. The summed E-state index contributed by atoms with van der Waals surface area (Å²) in [5.74, 6) is 1.74. The molecule has 2 nitrogen and oxygen atoms in total. The average Bonchev–Trinajstić information content (AvgIpc) is 2.83. The van der Waals surface area contributed by atoms with E-state index in [1.165, 1.54) is 11.1 Å². The molecule has 3 heteroatoms. The molecule has 1 aromatic rings. The van der Waals surface area contributed by atoms with Gasteiger partial charge in [0.1, 0.15) is 5.82 Å². The zero-order chi connectivity index (χ0) is 14.6. The Balaban J connectivity index is 1.70. The summed E-state index contributed by atoms with van der Waals surface area (Å²) in [5.41, 5.74) is 2.70. The minimum atomic E-state index is -0.112. The normalized spacial score (nSPS) is 41.0. The second kappa shape index (κ2) is 4.62. The highest BCUT2D eigenvalue weighted by atomic mass is 19.1. The molecule has 0 N–H and O–H groups in total. The maximum atomic E-state index is 13.4. The van der Waals surface area contributed by atoms with E-state index in [2.05, 4.69) is 12.1 Å². The third-order valence-electron chi connectivity index (χ3n) is 6.77. The molecule has 0 saturated heterocycles. The lowest BCUT2D eigenvalue weighted by Crippen LogP contribution is -2.43. The van der Waals surface area contributed by atoms with Crippen LogP contribution in [0.5, 0.6) is 0 Å². The van der Waals surface area contributed by atoms with Crippen molar-refractivity contribution in [1.29, 1.82) is 0 Å². The molecular weight excluding hydrogens is 265 g/mol. The van der Waals surface area contributed by atoms with Crippen LogP contribution in [0.3, 0.4) is 0 Å². The van der Waals surface area contributed by atoms with Crippen LogP contribution in [0.15, 0.2) is 23.4 Å². The molecule has 2 saturated carbocycles. The molecule has 0 aliphatic heterocycles. The summed E-state index contributed by atoms with van der Waals surface area (Å²) < 4.78 is 13.4. The van der Waals surface area contributed by atoms with Crippen LogP contribution < -0.4 is 0 Å². The molecule has 2 fully saturated rings. The number of nitroso groups, excluding NO2 is 1. The minimum Gasteiger partial charge on any atom is -0.207 e. The number of aryl methyl sites for hydroxylation is 1. The lowest BCUT2D eigenvalue weighted by molar-refractivity contribution is 0.0498. The van der Waals surface area contributed by atoms with Gasteiger partial charge in [-0.05, 0) is 85.0 Å². The van der Waals surface area contributed by atoms with Crippen molar-refractivity contribution in [2.45, 2.75) is 57.4 Å². The van der Waals surface area contributed by atoms with Gasteiger partial charge in [0, 0.05) is 0 Å². The molecule has 1 aromatic carbocycles. The van der Waals surface area contributed by atoms with Gasteiger partial charge in [0.2, 0.25) is 0 Å². The van der Waals surface area contributed by atoms with E-state index in [0.717, 1.165) is 38.5 Å². The van der Waals surface area contributed by atoms with Crippen molar-refractivity contribution >= 4 is 0 Å². The third-order valence-corrected chi connectivity index (χ3v) is 6.77. The van der Waals surface area contributed by atoms with E-state index in [4.69, 9.17) is 0 Å². The van der Waals surface area contributed by atoms with Crippen molar-refractivity contribution in [2.75, 3.05) is 0 Å². The van der Waals surface area contributed by atoms with Crippen molar-refractivity contribution in [3.63, 3.8) is 0 Å². The summed E-state index contributed by atoms with van der Waals surface area (Å²) in [5, 5.41) is 3.44. The SMILES string of the molecule is CC12CCC3c4ccc(F)cc4CCC3C1CCC2N=O. The lowest BCUT2D eigenvalue weighted by Gasteiger charge is -2.49. The maximum Gasteiger partial charge on any atom is 0.123 e. The first kappa shape index (κ1) is 13.4. The van der Waals surface area contributed by atoms with E-state index in [-0.39, 0.29) is 17.3 Å². The van der Waals surface area contributed by atoms with Crippen molar-refractivity contribution < 1.29 is 4.39 Å². The topological polar surface area (TPSA) is 29.4 Å². The quantitative estimate of drug-likeness (QED) is 0.681. The fourth-order valence-electron chi connectivity index (χ4n) is 5.70. The van der Waals surface area contributed by atoms with Gasteiger partial charge in [0.15, 0.2) is 0 Å². The molecule has 0 radical (unpaired) electrons. The van der Waals surface area contributed by atoms with E-state index >= 15 is 0 Å². The third kappa shape index (κ3) is 1.82. The molecule has 21 heavy (non-hydrogen) atoms. The van der Waals surface area contributed by atoms with E-state index < -0.39 is 0 Å². The predicted molar refractivity (Wildman–Crippen MR) is 80.6 cm³/mol. The zero-order valence-corrected chi connectivity index (χ0v) is 12.5. The van der Waals surface area contributed by atoms with Gasteiger partial charge in [-0.2, -0.15) is 4.91 Å². The summed E-state index contributed by atoms with van der Waals surface area (Å²) >= 11 is 0. The molecule has 5 unspecified atom stereocenters. The Morgan fingerprint density at radius 3 is 2.90 bits per heavy atom. The van der Waals surface area contributed by atoms with Crippen LogP contribution in [0.1, 0.15) is 56.1 Å². The Kier molecular flexibility index (Phi) is 2.95. The van der Waals surface area contributed by atoms with Crippen molar-refractivity contribution in [3.8, 4) is 0 Å². The van der Waals surface area contributed by atoms with Gasteiger partial charge in [-0.15, -0.1) is 0 Å². The molecule has 0 amide bonds. The van der Waals surface area contributed by atoms with Crippen LogP contribution in [0.2, 0.25) is 0 Å². The Hall–Kier alpha value is -1.25. The highest BCUT2D eigenvalue weighted by Gasteiger charge is 2.55. The van der Waals surface area contributed by atoms with Gasteiger partial charge < -0.3 is 0 Å². The van der Waals surface area contributed by atoms with E-state index in [1.807, 2.05) is 6.07 Å². The van der Waals surface area contributed by atoms with Gasteiger partial charge >= 0.3 is 0 Å². The van der Waals surface area contributed by atoms with Crippen molar-refractivity contribution in [2.24, 2.45) is 22.4 Å². The van der Waals surface area contributed by atoms with Crippen LogP contribution in [0.4, 0.5) is 4.39 Å². The summed E-state index contributed by atoms with van der Waals surface area (Å²) in [7, 11) is 0. The first-order valence-corrected chi connectivity index (χ1v) is 8.24. The number of hydrogen-bond acceptors (Lipinski definition) is 2. The molecule has 4 rings (SSSR count). The van der Waals surface area contributed by atoms with Crippen molar-refractivity contribution in [1.82, 2.24) is 0 Å². The summed E-state index contributed by atoms with van der Waals surface area (Å²) in [4.78, 5) is 11.2. The largest absolute Gasteiger partial charge is 0.207 e. The highest BCUT2D eigenvalue weighted by molar-refractivity contribution is 5.35. The second-order valence-corrected chi connectivity index (χ2v) is 7.50. The van der Waals surface area contributed by atoms with Crippen LogP contribution in [-0.4, -0.2) is 6.04 Å². The molecule has 0 bridgehead atoms. The number of hydrogen-bond donors (Lipinski definition) is 0. The fourth-order valence-corrected chi connectivity index (χ4v) is 5.70. The number of nitrogens with zero attached hydrogens (tertiary/aromatic N) is 1. The Morgan fingerprint density at radius 1 is 1.24 bits per heavy atom. The van der Waals surface area contributed by atoms with Crippen LogP contribution in [-0.2, 0) is 6.42 Å². The summed E-state index contributed by atoms with van der Waals surface area (Å²) in [6.07, 6.45) is 6.45. The van der Waals surface area contributed by atoms with E-state index in [0.29, 0.717) is 17.8 Å². The van der Waals surface area contributed by atoms with Crippen LogP contribution in [0, 0.1) is 28.0 Å². The Bertz CT molecular complexity index is 587. The first-order chi connectivity index (χ1) is 10.1. The molecular formula is C18H22FNO. The molecule has 112 valence electrons. The van der Waals surface area contributed by atoms with Gasteiger partial charge in [-0.25, -0.2) is 4.39 Å². The van der Waals surface area contributed by atoms with Crippen LogP contribution >= 0.6 is 0 Å². The van der Waals surface area contributed by atoms with E-state index in [9.17, 15) is 9.30 Å². The van der Waals surface area contributed by atoms with Gasteiger partial charge in [0.25, 0.3) is 0 Å². The molecule has 0 aromatic heterocycles. The highest BCUT2D eigenvalue weighted by Crippen LogP contribution is 2.61. The van der Waals surface area contributed by atoms with Crippen molar-refractivity contribution in [3.05, 3.63) is 40.1 Å². The lowest BCUT2D eigenvalue weighted by atomic mass is 9.55. The van der Waals surface area contributed by atoms with Gasteiger partial charge in [-0.1, -0.05) is 18.2 Å². The average molecular weight is 287 g/mol. The van der Waals surface area contributed by atoms with Crippen LogP contribution in [0.25, 0.3) is 0 Å². The number of benzene rings is 1. The minimum absolute atomic E-state index is 0.0121. The molecule has 0 heterocycles. The first-order valence-electron chi connectivity index (χ1n) is 8.24.